The molecule has 0 heterocycles. The van der Waals surface area contributed by atoms with E-state index in [1.807, 2.05) is 0 Å². The summed E-state index contributed by atoms with van der Waals surface area (Å²) in [6, 6.07) is 0. The molecule has 2 unspecified atom stereocenters. The van der Waals surface area contributed by atoms with Gasteiger partial charge in [-0.05, 0) is 37.2 Å². The van der Waals surface area contributed by atoms with Crippen molar-refractivity contribution in [2.75, 3.05) is 23.0 Å². The van der Waals surface area contributed by atoms with Crippen LogP contribution in [0.25, 0.3) is 0 Å². The van der Waals surface area contributed by atoms with Gasteiger partial charge in [0.15, 0.2) is 0 Å². The van der Waals surface area contributed by atoms with Crippen LogP contribution in [0.5, 0.6) is 0 Å². The largest absolute Gasteiger partial charge is 0.161 e. The van der Waals surface area contributed by atoms with Crippen molar-refractivity contribution in [2.45, 2.75) is 63.9 Å². The molecular formula is C14H30S3. The second-order valence-corrected chi connectivity index (χ2v) is 8.25. The molecule has 0 fully saturated rings. The van der Waals surface area contributed by atoms with Crippen LogP contribution in [-0.2, 0) is 0 Å². The molecule has 0 N–H and O–H groups in total. The van der Waals surface area contributed by atoms with E-state index in [1.165, 1.54) is 48.7 Å². The smallest absolute Gasteiger partial charge is 0.0138 e. The molecule has 0 aliphatic carbocycles. The minimum Gasteiger partial charge on any atom is -0.161 e. The Morgan fingerprint density at radius 2 is 1.12 bits per heavy atom. The molecule has 0 aliphatic heterocycles. The molecule has 3 heteroatoms. The van der Waals surface area contributed by atoms with Gasteiger partial charge in [-0.15, -0.1) is 0 Å². The maximum absolute atomic E-state index is 2.34. The lowest BCUT2D eigenvalue weighted by Crippen LogP contribution is -2.14. The first kappa shape index (κ1) is 18.0. The Morgan fingerprint density at radius 3 is 1.41 bits per heavy atom. The molecule has 0 aromatic carbocycles. The van der Waals surface area contributed by atoms with E-state index in [-0.39, 0.29) is 0 Å². The first-order chi connectivity index (χ1) is 8.28. The highest BCUT2D eigenvalue weighted by Crippen LogP contribution is 2.28. The third-order valence-corrected chi connectivity index (χ3v) is 7.46. The van der Waals surface area contributed by atoms with Crippen LogP contribution < -0.4 is 0 Å². The Kier molecular flexibility index (Phi) is 14.3. The summed E-state index contributed by atoms with van der Waals surface area (Å²) < 4.78 is 0. The van der Waals surface area contributed by atoms with Gasteiger partial charge in [0.1, 0.15) is 0 Å². The molecule has 0 amide bonds. The number of thioether (sulfide) groups is 3. The molecule has 104 valence electrons. The Hall–Kier alpha value is 1.05. The van der Waals surface area contributed by atoms with E-state index in [1.54, 1.807) is 0 Å². The van der Waals surface area contributed by atoms with E-state index in [0.717, 1.165) is 10.5 Å². The molecule has 0 aliphatic rings. The van der Waals surface area contributed by atoms with E-state index in [2.05, 4.69) is 63.0 Å². The topological polar surface area (TPSA) is 0 Å². The van der Waals surface area contributed by atoms with E-state index < -0.39 is 0 Å². The molecule has 0 saturated carbocycles. The van der Waals surface area contributed by atoms with Crippen LogP contribution in [0.3, 0.4) is 0 Å². The maximum atomic E-state index is 2.34. The summed E-state index contributed by atoms with van der Waals surface area (Å²) in [5.41, 5.74) is 0. The van der Waals surface area contributed by atoms with Gasteiger partial charge in [0.05, 0.1) is 0 Å². The van der Waals surface area contributed by atoms with E-state index in [0.29, 0.717) is 0 Å². The highest BCUT2D eigenvalue weighted by molar-refractivity contribution is 8.05. The minimum absolute atomic E-state index is 0.874. The lowest BCUT2D eigenvalue weighted by atomic mass is 10.4. The van der Waals surface area contributed by atoms with Gasteiger partial charge < -0.3 is 0 Å². The first-order valence-electron chi connectivity index (χ1n) is 7.09. The quantitative estimate of drug-likeness (QED) is 0.432. The fraction of sp³-hybridized carbons (Fsp3) is 1.00. The lowest BCUT2D eigenvalue weighted by Gasteiger charge is -2.21. The number of hydrogen-bond donors (Lipinski definition) is 0. The average Bonchev–Trinajstić information content (AvgIpc) is 2.36. The highest BCUT2D eigenvalue weighted by Gasteiger charge is 2.14. The van der Waals surface area contributed by atoms with Gasteiger partial charge in [-0.1, -0.05) is 27.7 Å². The van der Waals surface area contributed by atoms with Gasteiger partial charge in [0.2, 0.25) is 0 Å². The molecule has 0 saturated heterocycles. The number of rotatable bonds is 12. The Bertz CT molecular complexity index is 134. The molecule has 0 nitrogen and oxygen atoms in total. The van der Waals surface area contributed by atoms with Crippen LogP contribution in [0.15, 0.2) is 0 Å². The SMILES string of the molecule is CCCSCC(CC)SC(CC)CSCCC. The third kappa shape index (κ3) is 10.6. The third-order valence-electron chi connectivity index (χ3n) is 2.60. The average molecular weight is 295 g/mol. The molecular weight excluding hydrogens is 264 g/mol. The van der Waals surface area contributed by atoms with Crippen LogP contribution >= 0.6 is 35.3 Å². The van der Waals surface area contributed by atoms with Gasteiger partial charge in [-0.25, -0.2) is 0 Å². The van der Waals surface area contributed by atoms with Crippen molar-refractivity contribution in [1.82, 2.24) is 0 Å². The summed E-state index contributed by atoms with van der Waals surface area (Å²) in [7, 11) is 0. The van der Waals surface area contributed by atoms with Gasteiger partial charge in [-0.2, -0.15) is 35.3 Å². The fourth-order valence-corrected chi connectivity index (χ4v) is 5.54. The van der Waals surface area contributed by atoms with Crippen molar-refractivity contribution in [3.8, 4) is 0 Å². The lowest BCUT2D eigenvalue weighted by molar-refractivity contribution is 0.870. The van der Waals surface area contributed by atoms with Crippen molar-refractivity contribution < 1.29 is 0 Å². The molecule has 0 bridgehead atoms. The zero-order valence-corrected chi connectivity index (χ0v) is 14.5. The van der Waals surface area contributed by atoms with Crippen molar-refractivity contribution in [2.24, 2.45) is 0 Å². The standard InChI is InChI=1S/C14H30S3/c1-5-9-15-11-13(7-3)17-14(8-4)12-16-10-6-2/h13-14H,5-12H2,1-4H3. The van der Waals surface area contributed by atoms with Crippen molar-refractivity contribution in [3.63, 3.8) is 0 Å². The predicted octanol–water partition coefficient (Wildman–Crippen LogP) is 5.56. The van der Waals surface area contributed by atoms with E-state index in [4.69, 9.17) is 0 Å². The second-order valence-electron chi connectivity index (χ2n) is 4.35. The van der Waals surface area contributed by atoms with Gasteiger partial charge >= 0.3 is 0 Å². The summed E-state index contributed by atoms with van der Waals surface area (Å²) in [5, 5.41) is 1.75. The molecule has 0 spiro atoms. The van der Waals surface area contributed by atoms with Crippen LogP contribution in [0.4, 0.5) is 0 Å². The van der Waals surface area contributed by atoms with Crippen molar-refractivity contribution in [3.05, 3.63) is 0 Å². The summed E-state index contributed by atoms with van der Waals surface area (Å²) >= 11 is 6.53. The van der Waals surface area contributed by atoms with Gasteiger partial charge in [0.25, 0.3) is 0 Å². The predicted molar refractivity (Wildman–Crippen MR) is 91.0 cm³/mol. The number of hydrogen-bond acceptors (Lipinski definition) is 3. The van der Waals surface area contributed by atoms with Crippen LogP contribution in [-0.4, -0.2) is 33.5 Å². The highest BCUT2D eigenvalue weighted by atomic mass is 32.2. The Labute approximate surface area is 122 Å². The molecule has 0 rings (SSSR count). The molecule has 0 radical (unpaired) electrons. The van der Waals surface area contributed by atoms with Crippen molar-refractivity contribution >= 4 is 35.3 Å². The minimum atomic E-state index is 0.874. The molecule has 17 heavy (non-hydrogen) atoms. The summed E-state index contributed by atoms with van der Waals surface area (Å²) in [6.07, 6.45) is 5.29. The molecule has 0 aromatic rings. The van der Waals surface area contributed by atoms with Gasteiger partial charge in [0, 0.05) is 22.0 Å². The molecule has 0 aromatic heterocycles. The summed E-state index contributed by atoms with van der Waals surface area (Å²) in [4.78, 5) is 0. The summed E-state index contributed by atoms with van der Waals surface area (Å²) in [5.74, 6) is 5.37. The van der Waals surface area contributed by atoms with Crippen LogP contribution in [0, 0.1) is 0 Å². The van der Waals surface area contributed by atoms with E-state index >= 15 is 0 Å². The Morgan fingerprint density at radius 1 is 0.706 bits per heavy atom. The fourth-order valence-electron chi connectivity index (χ4n) is 1.50. The first-order valence-corrected chi connectivity index (χ1v) is 10.3. The zero-order chi connectivity index (χ0) is 12.9. The normalized spacial score (nSPS) is 14.8. The van der Waals surface area contributed by atoms with Gasteiger partial charge in [-0.3, -0.25) is 0 Å². The van der Waals surface area contributed by atoms with Crippen molar-refractivity contribution in [1.29, 1.82) is 0 Å². The van der Waals surface area contributed by atoms with E-state index in [9.17, 15) is 0 Å². The molecule has 2 atom stereocenters. The second kappa shape index (κ2) is 13.5. The Balaban J connectivity index is 3.77. The summed E-state index contributed by atoms with van der Waals surface area (Å²) in [6.45, 7) is 9.24. The van der Waals surface area contributed by atoms with Crippen LogP contribution in [0.1, 0.15) is 53.4 Å². The van der Waals surface area contributed by atoms with Crippen LogP contribution in [0.2, 0.25) is 0 Å². The maximum Gasteiger partial charge on any atom is 0.0138 e. The monoisotopic (exact) mass is 294 g/mol. The zero-order valence-electron chi connectivity index (χ0n) is 12.0.